The number of aliphatic hydroxyl groups excluding tert-OH is 1. The second-order valence-corrected chi connectivity index (χ2v) is 2.84. The van der Waals surface area contributed by atoms with Crippen molar-refractivity contribution in [1.29, 1.82) is 0 Å². The van der Waals surface area contributed by atoms with Gasteiger partial charge in [-0.25, -0.2) is 0 Å². The van der Waals surface area contributed by atoms with Gasteiger partial charge in [-0.3, -0.25) is 0 Å². The molecule has 3 nitrogen and oxygen atoms in total. The van der Waals surface area contributed by atoms with Crippen LogP contribution in [0.5, 0.6) is 5.88 Å². The lowest BCUT2D eigenvalue weighted by Crippen LogP contribution is -1.81. The number of aromatic nitrogens is 1. The molecule has 0 aliphatic rings. The van der Waals surface area contributed by atoms with Gasteiger partial charge in [0.05, 0.1) is 0 Å². The number of rotatable bonds is 3. The van der Waals surface area contributed by atoms with Crippen LogP contribution in [0.1, 0.15) is 30.7 Å². The van der Waals surface area contributed by atoms with Gasteiger partial charge >= 0.3 is 0 Å². The molecule has 0 fully saturated rings. The van der Waals surface area contributed by atoms with Crippen molar-refractivity contribution in [2.24, 2.45) is 0 Å². The van der Waals surface area contributed by atoms with Crippen LogP contribution in [0.15, 0.2) is 12.7 Å². The molecule has 0 aromatic carbocycles. The van der Waals surface area contributed by atoms with E-state index in [9.17, 15) is 5.11 Å². The van der Waals surface area contributed by atoms with Gasteiger partial charge in [0.25, 0.3) is 0 Å². The maximum atomic E-state index is 9.53. The molecule has 0 amide bonds. The Bertz CT molecular complexity index is 338. The van der Waals surface area contributed by atoms with Gasteiger partial charge in [-0.05, 0) is 19.4 Å². The van der Waals surface area contributed by atoms with Gasteiger partial charge in [-0.15, -0.1) is 0 Å². The highest BCUT2D eigenvalue weighted by Crippen LogP contribution is 2.26. The Morgan fingerprint density at radius 2 is 2.00 bits per heavy atom. The van der Waals surface area contributed by atoms with Crippen LogP contribution in [0.4, 0.5) is 0 Å². The maximum Gasteiger partial charge on any atom is 0.192 e. The summed E-state index contributed by atoms with van der Waals surface area (Å²) >= 11 is 0. The zero-order chi connectivity index (χ0) is 11.8. The second kappa shape index (κ2) is 6.90. The van der Waals surface area contributed by atoms with Crippen molar-refractivity contribution in [3.63, 3.8) is 0 Å². The molecule has 0 aliphatic heterocycles. The topological polar surface area (TPSA) is 56.2 Å². The van der Waals surface area contributed by atoms with Crippen LogP contribution >= 0.6 is 0 Å². The molecule has 1 aromatic rings. The van der Waals surface area contributed by atoms with E-state index in [1.54, 1.807) is 6.08 Å². The zero-order valence-corrected chi connectivity index (χ0v) is 9.54. The minimum absolute atomic E-state index is 0.255. The minimum Gasteiger partial charge on any atom is -0.494 e. The Morgan fingerprint density at radius 3 is 2.40 bits per heavy atom. The molecule has 0 spiro atoms. The van der Waals surface area contributed by atoms with Gasteiger partial charge in [0.1, 0.15) is 0 Å². The van der Waals surface area contributed by atoms with E-state index in [-0.39, 0.29) is 5.88 Å². The number of aromatic hydroxyl groups is 1. The first kappa shape index (κ1) is 13.5. The highest BCUT2D eigenvalue weighted by Gasteiger charge is 2.10. The average molecular weight is 209 g/mol. The summed E-state index contributed by atoms with van der Waals surface area (Å²) in [5.41, 5.74) is 2.85. The number of allylic oxidation sites excluding steroid dienone is 1. The highest BCUT2D eigenvalue weighted by molar-refractivity contribution is 5.67. The standard InChI is InChI=1S/C11H15NO.CH4O/c1-4-7-10-8(5-2)9(6-3)11(13)12-10;1-2/h4-5,7,12-13H,2,6H2,1,3H3;2H,1H3/b7-4-;. The molecule has 0 atom stereocenters. The van der Waals surface area contributed by atoms with E-state index < -0.39 is 0 Å². The predicted molar refractivity (Wildman–Crippen MR) is 64.8 cm³/mol. The molecule has 0 aliphatic carbocycles. The fraction of sp³-hybridized carbons (Fsp3) is 0.333. The third-order valence-corrected chi connectivity index (χ3v) is 2.05. The Kier molecular flexibility index (Phi) is 6.22. The number of aliphatic hydroxyl groups is 1. The summed E-state index contributed by atoms with van der Waals surface area (Å²) in [7, 11) is 1.00. The number of H-pyrrole nitrogens is 1. The zero-order valence-electron chi connectivity index (χ0n) is 9.54. The van der Waals surface area contributed by atoms with Crippen molar-refractivity contribution in [3.8, 4) is 5.88 Å². The van der Waals surface area contributed by atoms with Gasteiger partial charge in [0.15, 0.2) is 5.88 Å². The first-order valence-corrected chi connectivity index (χ1v) is 4.88. The lowest BCUT2D eigenvalue weighted by molar-refractivity contribution is 0.399. The lowest BCUT2D eigenvalue weighted by atomic mass is 10.1. The summed E-state index contributed by atoms with van der Waals surface area (Å²) in [6.45, 7) is 7.68. The Morgan fingerprint density at radius 1 is 1.40 bits per heavy atom. The highest BCUT2D eigenvalue weighted by atomic mass is 16.3. The summed E-state index contributed by atoms with van der Waals surface area (Å²) in [5, 5.41) is 16.5. The molecule has 15 heavy (non-hydrogen) atoms. The number of hydrogen-bond donors (Lipinski definition) is 3. The van der Waals surface area contributed by atoms with Crippen LogP contribution in [0.25, 0.3) is 12.2 Å². The van der Waals surface area contributed by atoms with Crippen LogP contribution in [0, 0.1) is 0 Å². The van der Waals surface area contributed by atoms with Gasteiger partial charge in [-0.1, -0.05) is 25.7 Å². The van der Waals surface area contributed by atoms with E-state index in [0.717, 1.165) is 30.4 Å². The molecule has 0 saturated carbocycles. The third-order valence-electron chi connectivity index (χ3n) is 2.05. The molecule has 0 unspecified atom stereocenters. The summed E-state index contributed by atoms with van der Waals surface area (Å²) in [4.78, 5) is 2.91. The van der Waals surface area contributed by atoms with Crippen molar-refractivity contribution < 1.29 is 10.2 Å². The predicted octanol–water partition coefficient (Wildman–Crippen LogP) is 2.57. The van der Waals surface area contributed by atoms with Crippen LogP contribution in [0.2, 0.25) is 0 Å². The van der Waals surface area contributed by atoms with Crippen LogP contribution in [-0.2, 0) is 6.42 Å². The van der Waals surface area contributed by atoms with Crippen molar-refractivity contribution in [3.05, 3.63) is 29.5 Å². The maximum absolute atomic E-state index is 9.53. The largest absolute Gasteiger partial charge is 0.494 e. The lowest BCUT2D eigenvalue weighted by Gasteiger charge is -1.95. The molecule has 1 aromatic heterocycles. The normalized spacial score (nSPS) is 9.87. The molecular weight excluding hydrogens is 190 g/mol. The number of hydrogen-bond acceptors (Lipinski definition) is 2. The molecule has 1 heterocycles. The Labute approximate surface area is 90.8 Å². The molecule has 84 valence electrons. The van der Waals surface area contributed by atoms with E-state index in [1.807, 2.05) is 26.0 Å². The van der Waals surface area contributed by atoms with Crippen molar-refractivity contribution in [2.45, 2.75) is 20.3 Å². The van der Waals surface area contributed by atoms with Crippen LogP contribution in [-0.4, -0.2) is 22.3 Å². The molecule has 1 rings (SSSR count). The smallest absolute Gasteiger partial charge is 0.192 e. The SMILES string of the molecule is C=Cc1c(/C=C\C)[nH]c(O)c1CC.CO. The van der Waals surface area contributed by atoms with Crippen LogP contribution in [0.3, 0.4) is 0 Å². The van der Waals surface area contributed by atoms with Crippen molar-refractivity contribution in [2.75, 3.05) is 7.11 Å². The van der Waals surface area contributed by atoms with E-state index in [2.05, 4.69) is 11.6 Å². The summed E-state index contributed by atoms with van der Waals surface area (Å²) < 4.78 is 0. The molecular formula is C12H19NO2. The monoisotopic (exact) mass is 209 g/mol. The second-order valence-electron chi connectivity index (χ2n) is 2.84. The number of aromatic amines is 1. The summed E-state index contributed by atoms with van der Waals surface area (Å²) in [6, 6.07) is 0. The molecule has 3 N–H and O–H groups in total. The fourth-order valence-electron chi connectivity index (χ4n) is 1.45. The molecule has 0 bridgehead atoms. The van der Waals surface area contributed by atoms with E-state index in [1.165, 1.54) is 0 Å². The van der Waals surface area contributed by atoms with E-state index in [4.69, 9.17) is 5.11 Å². The molecule has 0 saturated heterocycles. The first-order valence-electron chi connectivity index (χ1n) is 4.88. The average Bonchev–Trinajstić information content (AvgIpc) is 2.57. The number of nitrogens with one attached hydrogen (secondary N) is 1. The van der Waals surface area contributed by atoms with Gasteiger partial charge in [0, 0.05) is 23.9 Å². The van der Waals surface area contributed by atoms with Crippen molar-refractivity contribution in [1.82, 2.24) is 4.98 Å². The van der Waals surface area contributed by atoms with E-state index >= 15 is 0 Å². The molecule has 0 radical (unpaired) electrons. The molecule has 3 heteroatoms. The Balaban J connectivity index is 0.000000921. The first-order chi connectivity index (χ1) is 7.24. The minimum atomic E-state index is 0.255. The van der Waals surface area contributed by atoms with Gasteiger partial charge in [0.2, 0.25) is 0 Å². The quantitative estimate of drug-likeness (QED) is 0.716. The summed E-state index contributed by atoms with van der Waals surface area (Å²) in [6.07, 6.45) is 6.43. The van der Waals surface area contributed by atoms with Gasteiger partial charge < -0.3 is 15.2 Å². The van der Waals surface area contributed by atoms with Crippen molar-refractivity contribution >= 4 is 12.2 Å². The van der Waals surface area contributed by atoms with E-state index in [0.29, 0.717) is 0 Å². The van der Waals surface area contributed by atoms with Gasteiger partial charge in [-0.2, -0.15) is 0 Å². The fourth-order valence-corrected chi connectivity index (χ4v) is 1.45. The Hall–Kier alpha value is -1.48. The third kappa shape index (κ3) is 2.99. The summed E-state index contributed by atoms with van der Waals surface area (Å²) in [5.74, 6) is 0.255. The van der Waals surface area contributed by atoms with Crippen LogP contribution < -0.4 is 0 Å².